The average Bonchev–Trinajstić information content (AvgIpc) is 2.59. The first-order valence-corrected chi connectivity index (χ1v) is 7.73. The molecule has 0 aliphatic carbocycles. The van der Waals surface area contributed by atoms with Crippen molar-refractivity contribution in [1.29, 1.82) is 0 Å². The lowest BCUT2D eigenvalue weighted by atomic mass is 9.98. The molecule has 8 nitrogen and oxygen atoms in total. The molecule has 1 aromatic heterocycles. The van der Waals surface area contributed by atoms with Crippen LogP contribution in [0.15, 0.2) is 15.3 Å². The predicted molar refractivity (Wildman–Crippen MR) is 85.1 cm³/mol. The van der Waals surface area contributed by atoms with Gasteiger partial charge in [-0.2, -0.15) is 26.3 Å². The molecule has 1 aromatic carbocycles. The van der Waals surface area contributed by atoms with Crippen molar-refractivity contribution < 1.29 is 49.4 Å². The maximum absolute atomic E-state index is 14.2. The minimum absolute atomic E-state index is 0.479. The summed E-state index contributed by atoms with van der Waals surface area (Å²) >= 11 is 0. The molecule has 0 fully saturated rings. The molecule has 0 N–H and O–H groups in total. The maximum Gasteiger partial charge on any atom is 0.385 e. The van der Waals surface area contributed by atoms with Crippen LogP contribution in [0.25, 0.3) is 11.0 Å². The molecule has 0 aliphatic heterocycles. The van der Waals surface area contributed by atoms with Gasteiger partial charge in [-0.25, -0.2) is 8.78 Å². The van der Waals surface area contributed by atoms with E-state index in [-0.39, 0.29) is 0 Å². The van der Waals surface area contributed by atoms with E-state index in [1.165, 1.54) is 0 Å². The lowest BCUT2D eigenvalue weighted by molar-refractivity contribution is -0.394. The smallest absolute Gasteiger partial charge is 0.385 e. The number of hydrogen-bond donors (Lipinski definition) is 0. The van der Waals surface area contributed by atoms with Gasteiger partial charge in [-0.3, -0.25) is 25.0 Å². The van der Waals surface area contributed by atoms with Crippen LogP contribution < -0.4 is 5.43 Å². The van der Waals surface area contributed by atoms with Crippen LogP contribution in [-0.4, -0.2) is 28.1 Å². The van der Waals surface area contributed by atoms with Gasteiger partial charge in [-0.15, -0.1) is 0 Å². The summed E-state index contributed by atoms with van der Waals surface area (Å²) in [6.45, 7) is 1.62. The van der Waals surface area contributed by atoms with Crippen LogP contribution in [0.1, 0.15) is 16.9 Å². The highest BCUT2D eigenvalue weighted by atomic mass is 19.4. The molecule has 0 radical (unpaired) electrons. The molecule has 0 saturated heterocycles. The number of alkyl halides is 8. The Kier molecular flexibility index (Phi) is 5.50. The Hall–Kier alpha value is -3.33. The Morgan fingerprint density at radius 2 is 1.42 bits per heavy atom. The van der Waals surface area contributed by atoms with E-state index in [9.17, 15) is 60.1 Å². The number of aryl methyl sites for hydroxylation is 1. The summed E-state index contributed by atoms with van der Waals surface area (Å²) in [6, 6.07) is -0.479. The lowest BCUT2D eigenvalue weighted by Crippen LogP contribution is -2.56. The highest BCUT2D eigenvalue weighted by molar-refractivity contribution is 5.93. The molecule has 0 amide bonds. The molecule has 0 bridgehead atoms. The Bertz CT molecular complexity index is 1160. The highest BCUT2D eigenvalue weighted by Gasteiger charge is 2.77. The van der Waals surface area contributed by atoms with E-state index in [2.05, 4.69) is 4.42 Å². The molecule has 0 spiro atoms. The van der Waals surface area contributed by atoms with Crippen molar-refractivity contribution >= 4 is 22.3 Å². The first-order valence-electron chi connectivity index (χ1n) is 7.73. The van der Waals surface area contributed by atoms with Crippen LogP contribution in [0.5, 0.6) is 0 Å². The molecule has 16 heteroatoms. The van der Waals surface area contributed by atoms with E-state index in [0.717, 1.165) is 13.8 Å². The normalized spacial score (nSPS) is 13.1. The van der Waals surface area contributed by atoms with Gasteiger partial charge in [0.1, 0.15) is 5.56 Å². The molecular formula is C15H8F8N2O6. The third-order valence-electron chi connectivity index (χ3n) is 4.37. The minimum atomic E-state index is -6.79. The Morgan fingerprint density at radius 3 is 1.84 bits per heavy atom. The van der Waals surface area contributed by atoms with Crippen LogP contribution in [0.4, 0.5) is 46.5 Å². The van der Waals surface area contributed by atoms with Crippen molar-refractivity contribution in [2.24, 2.45) is 0 Å². The molecule has 0 atom stereocenters. The number of nitrogens with zero attached hydrogens (tertiary/aromatic N) is 2. The number of hydrogen-bond acceptors (Lipinski definition) is 6. The number of halogens is 8. The number of nitro groups is 2. The first kappa shape index (κ1) is 23.9. The second-order valence-corrected chi connectivity index (χ2v) is 6.21. The molecule has 1 heterocycles. The SMILES string of the molecule is Cc1c([N+](=O)[O-])c(C)c2c(=O)cc(C(F)(F)C(F)(F)C(F)(F)C(F)F)oc2c1[N+](=O)[O-]. The van der Waals surface area contributed by atoms with Crippen LogP contribution in [0.2, 0.25) is 0 Å². The predicted octanol–water partition coefficient (Wildman–Crippen LogP) is 4.85. The standard InChI is InChI=1S/C15H8F8N2O6/c1-4-8-6(26)3-7(13(18,19)15(22,23)14(20,21)12(16)17)31-11(8)10(25(29)30)5(2)9(4)24(27)28/h3,12H,1-2H3. The molecule has 31 heavy (non-hydrogen) atoms. The molecule has 0 saturated carbocycles. The van der Waals surface area contributed by atoms with E-state index in [4.69, 9.17) is 0 Å². The zero-order chi connectivity index (χ0) is 24.3. The zero-order valence-corrected chi connectivity index (χ0v) is 15.0. The Labute approximate surface area is 164 Å². The van der Waals surface area contributed by atoms with Crippen LogP contribution >= 0.6 is 0 Å². The summed E-state index contributed by atoms with van der Waals surface area (Å²) < 4.78 is 111. The third-order valence-corrected chi connectivity index (χ3v) is 4.37. The second-order valence-electron chi connectivity index (χ2n) is 6.21. The van der Waals surface area contributed by atoms with E-state index in [1.807, 2.05) is 0 Å². The van der Waals surface area contributed by atoms with Gasteiger partial charge < -0.3 is 4.42 Å². The summed E-state index contributed by atoms with van der Waals surface area (Å²) in [5.41, 5.74) is -7.11. The van der Waals surface area contributed by atoms with Crippen molar-refractivity contribution in [3.63, 3.8) is 0 Å². The zero-order valence-electron chi connectivity index (χ0n) is 15.0. The monoisotopic (exact) mass is 464 g/mol. The summed E-state index contributed by atoms with van der Waals surface area (Å²) in [5, 5.41) is 21.5. The lowest BCUT2D eigenvalue weighted by Gasteiger charge is -2.31. The fourth-order valence-electron chi connectivity index (χ4n) is 2.85. The van der Waals surface area contributed by atoms with Gasteiger partial charge in [0.25, 0.3) is 5.69 Å². The summed E-state index contributed by atoms with van der Waals surface area (Å²) in [6.07, 6.45) is -5.25. The van der Waals surface area contributed by atoms with Crippen LogP contribution in [-0.2, 0) is 5.92 Å². The van der Waals surface area contributed by atoms with Gasteiger partial charge in [-0.05, 0) is 13.8 Å². The van der Waals surface area contributed by atoms with Crippen molar-refractivity contribution in [1.82, 2.24) is 0 Å². The molecule has 170 valence electrons. The van der Waals surface area contributed by atoms with Gasteiger partial charge >= 0.3 is 29.9 Å². The minimum Gasteiger partial charge on any atom is -0.447 e. The molecular weight excluding hydrogens is 456 g/mol. The van der Waals surface area contributed by atoms with E-state index < -0.39 is 84.8 Å². The molecule has 2 aromatic rings. The molecule has 0 aliphatic rings. The van der Waals surface area contributed by atoms with Gasteiger partial charge in [-0.1, -0.05) is 0 Å². The van der Waals surface area contributed by atoms with Crippen molar-refractivity contribution in [2.45, 2.75) is 38.0 Å². The first-order chi connectivity index (χ1) is 13.9. The van der Waals surface area contributed by atoms with E-state index >= 15 is 0 Å². The molecule has 2 rings (SSSR count). The van der Waals surface area contributed by atoms with E-state index in [0.29, 0.717) is 0 Å². The number of fused-ring (bicyclic) bond motifs is 1. The van der Waals surface area contributed by atoms with Crippen molar-refractivity contribution in [2.75, 3.05) is 0 Å². The maximum atomic E-state index is 14.2. The Balaban J connectivity index is 3.02. The number of rotatable bonds is 6. The second kappa shape index (κ2) is 7.12. The fraction of sp³-hybridized carbons (Fsp3) is 0.400. The summed E-state index contributed by atoms with van der Waals surface area (Å²) in [5.74, 6) is -22.2. The number of nitro benzene ring substituents is 2. The van der Waals surface area contributed by atoms with Gasteiger partial charge in [0.2, 0.25) is 5.58 Å². The largest absolute Gasteiger partial charge is 0.447 e. The highest BCUT2D eigenvalue weighted by Crippen LogP contribution is 2.53. The molecule has 0 unspecified atom stereocenters. The summed E-state index contributed by atoms with van der Waals surface area (Å²) in [7, 11) is 0. The quantitative estimate of drug-likeness (QED) is 0.343. The topological polar surface area (TPSA) is 116 Å². The van der Waals surface area contributed by atoms with Crippen LogP contribution in [0, 0.1) is 34.1 Å². The summed E-state index contributed by atoms with van der Waals surface area (Å²) in [4.78, 5) is 32.1. The fourth-order valence-corrected chi connectivity index (χ4v) is 2.85. The van der Waals surface area contributed by atoms with Gasteiger partial charge in [0.15, 0.2) is 11.2 Å². The van der Waals surface area contributed by atoms with Crippen molar-refractivity contribution in [3.05, 3.63) is 53.4 Å². The third kappa shape index (κ3) is 3.25. The van der Waals surface area contributed by atoms with Crippen molar-refractivity contribution in [3.8, 4) is 0 Å². The van der Waals surface area contributed by atoms with Gasteiger partial charge in [0.05, 0.1) is 15.2 Å². The van der Waals surface area contributed by atoms with Gasteiger partial charge in [0, 0.05) is 11.6 Å². The van der Waals surface area contributed by atoms with Crippen LogP contribution in [0.3, 0.4) is 0 Å². The number of benzene rings is 1. The average molecular weight is 464 g/mol. The Morgan fingerprint density at radius 1 is 0.935 bits per heavy atom. The van der Waals surface area contributed by atoms with E-state index in [1.54, 1.807) is 0 Å².